The molecule has 34 heavy (non-hydrogen) atoms. The van der Waals surface area contributed by atoms with Crippen molar-refractivity contribution >= 4 is 5.91 Å². The fraction of sp³-hybridized carbons (Fsp3) is 0.429. The summed E-state index contributed by atoms with van der Waals surface area (Å²) in [5.41, 5.74) is 2.63. The molecular weight excluding hydrogens is 429 g/mol. The van der Waals surface area contributed by atoms with Crippen molar-refractivity contribution in [3.63, 3.8) is 0 Å². The molecule has 3 aromatic rings. The Morgan fingerprint density at radius 1 is 1.15 bits per heavy atom. The Morgan fingerprint density at radius 3 is 2.71 bits per heavy atom. The zero-order chi connectivity index (χ0) is 23.3. The van der Waals surface area contributed by atoms with Gasteiger partial charge in [-0.1, -0.05) is 55.3 Å². The Labute approximate surface area is 199 Å². The Kier molecular flexibility index (Phi) is 5.29. The van der Waals surface area contributed by atoms with E-state index >= 15 is 0 Å². The summed E-state index contributed by atoms with van der Waals surface area (Å²) < 4.78 is 18.9. The van der Waals surface area contributed by atoms with E-state index in [1.807, 2.05) is 6.07 Å². The summed E-state index contributed by atoms with van der Waals surface area (Å²) in [5.74, 6) is -0.127. The summed E-state index contributed by atoms with van der Waals surface area (Å²) in [4.78, 5) is 16.1. The Hall–Kier alpha value is -2.99. The molecular formula is C28H30FN3O2. The van der Waals surface area contributed by atoms with Gasteiger partial charge in [-0.15, -0.1) is 0 Å². The first-order chi connectivity index (χ1) is 16.5. The second-order valence-corrected chi connectivity index (χ2v) is 10.4. The number of carbonyl (C=O) groups excluding carboxylic acids is 1. The van der Waals surface area contributed by atoms with Crippen LogP contribution in [0.4, 0.5) is 4.39 Å². The molecule has 1 aliphatic carbocycles. The van der Waals surface area contributed by atoms with E-state index in [-0.39, 0.29) is 41.0 Å². The molecule has 2 bridgehead atoms. The molecule has 1 aromatic heterocycles. The predicted octanol–water partition coefficient (Wildman–Crippen LogP) is 5.23. The Balaban J connectivity index is 1.33. The number of amides is 1. The van der Waals surface area contributed by atoms with E-state index < -0.39 is 0 Å². The lowest BCUT2D eigenvalue weighted by molar-refractivity contribution is 0.0570. The lowest BCUT2D eigenvalue weighted by Gasteiger charge is -2.43. The van der Waals surface area contributed by atoms with Gasteiger partial charge in [-0.3, -0.25) is 4.79 Å². The van der Waals surface area contributed by atoms with Crippen molar-refractivity contribution in [1.29, 1.82) is 0 Å². The number of nitrogens with one attached hydrogen (secondary N) is 1. The molecule has 0 unspecified atom stereocenters. The number of aromatic nitrogens is 1. The number of rotatable bonds is 4. The highest BCUT2D eigenvalue weighted by Gasteiger charge is 2.60. The number of hydrogen-bond donors (Lipinski definition) is 1. The molecule has 6 rings (SSSR count). The molecule has 3 fully saturated rings. The first-order valence-corrected chi connectivity index (χ1v) is 12.4. The number of benzene rings is 2. The molecule has 3 aliphatic rings. The van der Waals surface area contributed by atoms with E-state index in [1.165, 1.54) is 24.1 Å². The molecule has 5 atom stereocenters. The summed E-state index contributed by atoms with van der Waals surface area (Å²) in [6, 6.07) is 19.2. The fourth-order valence-corrected chi connectivity index (χ4v) is 6.69. The van der Waals surface area contributed by atoms with Crippen molar-refractivity contribution in [2.24, 2.45) is 5.41 Å². The van der Waals surface area contributed by atoms with E-state index in [0.717, 1.165) is 37.7 Å². The molecule has 0 spiro atoms. The minimum absolute atomic E-state index is 0.0593. The SMILES string of the molecule is C[C@@]12C[C@H]3[C@H](Cc4ccccc4)N[C@@H]1CCCC[C@@H]2N3C(=O)c1cc(-c2ccc(F)cc2)no1. The van der Waals surface area contributed by atoms with Gasteiger partial charge in [-0.25, -0.2) is 4.39 Å². The van der Waals surface area contributed by atoms with Crippen LogP contribution >= 0.6 is 0 Å². The second-order valence-electron chi connectivity index (χ2n) is 10.4. The van der Waals surface area contributed by atoms with Gasteiger partial charge in [0.25, 0.3) is 5.91 Å². The summed E-state index contributed by atoms with van der Waals surface area (Å²) in [6.45, 7) is 2.37. The van der Waals surface area contributed by atoms with Crippen LogP contribution in [0.5, 0.6) is 0 Å². The van der Waals surface area contributed by atoms with Crippen molar-refractivity contribution in [2.45, 2.75) is 69.6 Å². The molecule has 1 saturated carbocycles. The normalized spacial score (nSPS) is 30.2. The number of hydrogen-bond acceptors (Lipinski definition) is 4. The first kappa shape index (κ1) is 21.5. The van der Waals surface area contributed by atoms with Crippen molar-refractivity contribution < 1.29 is 13.7 Å². The quantitative estimate of drug-likeness (QED) is 0.581. The predicted molar refractivity (Wildman–Crippen MR) is 128 cm³/mol. The number of carbonyl (C=O) groups is 1. The Morgan fingerprint density at radius 2 is 1.91 bits per heavy atom. The van der Waals surface area contributed by atoms with Crippen molar-refractivity contribution in [1.82, 2.24) is 15.4 Å². The average Bonchev–Trinajstić information content (AvgIpc) is 3.39. The van der Waals surface area contributed by atoms with Crippen LogP contribution in [-0.4, -0.2) is 40.1 Å². The molecule has 2 saturated heterocycles. The van der Waals surface area contributed by atoms with Gasteiger partial charge in [0.2, 0.25) is 5.76 Å². The van der Waals surface area contributed by atoms with Gasteiger partial charge in [-0.05, 0) is 55.5 Å². The van der Waals surface area contributed by atoms with Crippen LogP contribution in [0.1, 0.15) is 55.1 Å². The van der Waals surface area contributed by atoms with Gasteiger partial charge >= 0.3 is 0 Å². The maximum atomic E-state index is 13.9. The van der Waals surface area contributed by atoms with Gasteiger partial charge in [-0.2, -0.15) is 0 Å². The maximum Gasteiger partial charge on any atom is 0.293 e. The maximum absolute atomic E-state index is 13.9. The number of fused-ring (bicyclic) bond motifs is 1. The highest BCUT2D eigenvalue weighted by atomic mass is 19.1. The number of likely N-dealkylation sites (tertiary alicyclic amines) is 1. The molecule has 176 valence electrons. The fourth-order valence-electron chi connectivity index (χ4n) is 6.69. The van der Waals surface area contributed by atoms with Gasteiger partial charge in [0, 0.05) is 41.2 Å². The monoisotopic (exact) mass is 459 g/mol. The minimum Gasteiger partial charge on any atom is -0.350 e. The average molecular weight is 460 g/mol. The van der Waals surface area contributed by atoms with E-state index in [2.05, 4.69) is 46.6 Å². The first-order valence-electron chi connectivity index (χ1n) is 12.4. The lowest BCUT2D eigenvalue weighted by Crippen LogP contribution is -2.57. The van der Waals surface area contributed by atoms with E-state index in [9.17, 15) is 9.18 Å². The largest absolute Gasteiger partial charge is 0.350 e. The Bertz CT molecular complexity index is 1180. The molecule has 2 aromatic carbocycles. The summed E-state index contributed by atoms with van der Waals surface area (Å²) >= 11 is 0. The zero-order valence-electron chi connectivity index (χ0n) is 19.4. The van der Waals surface area contributed by atoms with Crippen molar-refractivity contribution in [2.75, 3.05) is 0 Å². The lowest BCUT2D eigenvalue weighted by atomic mass is 9.70. The van der Waals surface area contributed by atoms with Gasteiger partial charge in [0.1, 0.15) is 11.5 Å². The van der Waals surface area contributed by atoms with Crippen LogP contribution < -0.4 is 5.32 Å². The third kappa shape index (κ3) is 3.56. The molecule has 3 heterocycles. The summed E-state index contributed by atoms with van der Waals surface area (Å²) in [7, 11) is 0. The molecule has 1 N–H and O–H groups in total. The van der Waals surface area contributed by atoms with Crippen LogP contribution in [0.15, 0.2) is 65.2 Å². The van der Waals surface area contributed by atoms with Crippen LogP contribution in [0.25, 0.3) is 11.3 Å². The highest BCUT2D eigenvalue weighted by Crippen LogP contribution is 2.52. The van der Waals surface area contributed by atoms with E-state index in [1.54, 1.807) is 18.2 Å². The summed E-state index contributed by atoms with van der Waals surface area (Å²) in [6.07, 6.45) is 6.41. The molecule has 1 amide bonds. The molecule has 2 aliphatic heterocycles. The highest BCUT2D eigenvalue weighted by molar-refractivity contribution is 5.93. The molecule has 0 radical (unpaired) electrons. The molecule has 6 heteroatoms. The number of halogens is 1. The van der Waals surface area contributed by atoms with Gasteiger partial charge < -0.3 is 14.7 Å². The van der Waals surface area contributed by atoms with Crippen molar-refractivity contribution in [3.8, 4) is 11.3 Å². The minimum atomic E-state index is -0.305. The summed E-state index contributed by atoms with van der Waals surface area (Å²) in [5, 5.41) is 8.11. The topological polar surface area (TPSA) is 58.4 Å². The van der Waals surface area contributed by atoms with Crippen LogP contribution in [0, 0.1) is 11.2 Å². The van der Waals surface area contributed by atoms with Crippen LogP contribution in [-0.2, 0) is 6.42 Å². The second kappa shape index (κ2) is 8.35. The molecule has 5 nitrogen and oxygen atoms in total. The van der Waals surface area contributed by atoms with Crippen LogP contribution in [0.3, 0.4) is 0 Å². The van der Waals surface area contributed by atoms with Crippen molar-refractivity contribution in [3.05, 3.63) is 77.8 Å². The van der Waals surface area contributed by atoms with E-state index in [0.29, 0.717) is 11.7 Å². The number of piperidine rings is 1. The third-order valence-electron chi connectivity index (χ3n) is 8.39. The van der Waals surface area contributed by atoms with Crippen LogP contribution in [0.2, 0.25) is 0 Å². The van der Waals surface area contributed by atoms with E-state index in [4.69, 9.17) is 4.52 Å². The standard InChI is InChI=1S/C28H30FN3O2/c1-28-17-23-22(15-18-7-3-2-4-8-18)30-25(28)9-5-6-10-26(28)32(23)27(33)24-16-21(31-34-24)19-11-13-20(29)14-12-19/h2-4,7-8,11-14,16,22-23,25-26,30H,5-6,9-10,15,17H2,1H3/t22-,23-,25+,26-,28+/m0/s1. The van der Waals surface area contributed by atoms with Gasteiger partial charge in [0.15, 0.2) is 0 Å². The zero-order valence-corrected chi connectivity index (χ0v) is 19.4. The smallest absolute Gasteiger partial charge is 0.293 e. The third-order valence-corrected chi connectivity index (χ3v) is 8.39. The van der Waals surface area contributed by atoms with Gasteiger partial charge in [0.05, 0.1) is 0 Å². The number of nitrogens with zero attached hydrogens (tertiary/aromatic N) is 2.